The lowest BCUT2D eigenvalue weighted by atomic mass is 10.2. The first-order chi connectivity index (χ1) is 8.43. The molecule has 0 spiro atoms. The molecule has 2 N–H and O–H groups in total. The number of nitrogens with zero attached hydrogens (tertiary/aromatic N) is 2. The molecular formula is C10H11ClF2N2O3. The molecule has 18 heavy (non-hydrogen) atoms. The fourth-order valence-electron chi connectivity index (χ4n) is 1.36. The van der Waals surface area contributed by atoms with Crippen molar-refractivity contribution < 1.29 is 23.8 Å². The number of carboxylic acid groups (broad SMARTS) is 1. The van der Waals surface area contributed by atoms with Crippen LogP contribution in [0.25, 0.3) is 0 Å². The average molecular weight is 281 g/mol. The number of rotatable bonds is 6. The Balaban J connectivity index is 3.06. The molecule has 100 valence electrons. The monoisotopic (exact) mass is 280 g/mol. The van der Waals surface area contributed by atoms with Crippen LogP contribution in [-0.4, -0.2) is 47.3 Å². The van der Waals surface area contributed by atoms with E-state index in [9.17, 15) is 13.6 Å². The molecule has 1 aromatic heterocycles. The highest BCUT2D eigenvalue weighted by Gasteiger charge is 2.16. The van der Waals surface area contributed by atoms with Gasteiger partial charge in [-0.2, -0.15) is 0 Å². The van der Waals surface area contributed by atoms with Crippen LogP contribution >= 0.6 is 11.6 Å². The first-order valence-electron chi connectivity index (χ1n) is 4.99. The number of carbonyl (C=O) groups is 1. The van der Waals surface area contributed by atoms with Crippen molar-refractivity contribution in [1.29, 1.82) is 0 Å². The molecule has 0 amide bonds. The first-order valence-corrected chi connectivity index (χ1v) is 5.36. The number of aliphatic hydroxyl groups is 1. The molecule has 0 aromatic carbocycles. The highest BCUT2D eigenvalue weighted by atomic mass is 35.5. The van der Waals surface area contributed by atoms with Crippen molar-refractivity contribution in [3.05, 3.63) is 22.8 Å². The molecule has 8 heteroatoms. The molecule has 0 aliphatic rings. The van der Waals surface area contributed by atoms with Crippen LogP contribution in [-0.2, 0) is 0 Å². The van der Waals surface area contributed by atoms with E-state index in [-0.39, 0.29) is 29.7 Å². The van der Waals surface area contributed by atoms with Crippen LogP contribution in [0.5, 0.6) is 0 Å². The molecule has 0 aliphatic heterocycles. The third kappa shape index (κ3) is 4.08. The molecule has 1 heterocycles. The van der Waals surface area contributed by atoms with Crippen LogP contribution in [0.4, 0.5) is 14.6 Å². The highest BCUT2D eigenvalue weighted by molar-refractivity contribution is 6.29. The van der Waals surface area contributed by atoms with E-state index in [1.165, 1.54) is 0 Å². The number of hydrogen-bond donors (Lipinski definition) is 2. The lowest BCUT2D eigenvalue weighted by molar-refractivity contribution is 0.0697. The Morgan fingerprint density at radius 1 is 1.50 bits per heavy atom. The van der Waals surface area contributed by atoms with Crippen molar-refractivity contribution in [2.45, 2.75) is 6.43 Å². The molecule has 0 saturated carbocycles. The first kappa shape index (κ1) is 14.6. The predicted molar refractivity (Wildman–Crippen MR) is 61.5 cm³/mol. The minimum absolute atomic E-state index is 0.00532. The summed E-state index contributed by atoms with van der Waals surface area (Å²) >= 11 is 5.62. The van der Waals surface area contributed by atoms with Crippen molar-refractivity contribution in [2.75, 3.05) is 24.6 Å². The Morgan fingerprint density at radius 2 is 2.17 bits per heavy atom. The minimum Gasteiger partial charge on any atom is -0.478 e. The summed E-state index contributed by atoms with van der Waals surface area (Å²) in [6.45, 7) is -1.10. The molecular weight excluding hydrogens is 270 g/mol. The summed E-state index contributed by atoms with van der Waals surface area (Å²) in [5.74, 6) is -1.24. The summed E-state index contributed by atoms with van der Waals surface area (Å²) in [6, 6.07) is 2.25. The summed E-state index contributed by atoms with van der Waals surface area (Å²) in [7, 11) is 0. The van der Waals surface area contributed by atoms with E-state index in [4.69, 9.17) is 21.8 Å². The van der Waals surface area contributed by atoms with Crippen LogP contribution < -0.4 is 4.90 Å². The Bertz CT molecular complexity index is 432. The fourth-order valence-corrected chi connectivity index (χ4v) is 1.56. The summed E-state index contributed by atoms with van der Waals surface area (Å²) < 4.78 is 24.7. The number of halogens is 3. The molecule has 0 saturated heterocycles. The Labute approximate surface area is 107 Å². The zero-order valence-corrected chi connectivity index (χ0v) is 9.94. The zero-order chi connectivity index (χ0) is 13.7. The molecule has 0 atom stereocenters. The molecule has 0 aliphatic carbocycles. The minimum atomic E-state index is -2.63. The molecule has 0 radical (unpaired) electrons. The average Bonchev–Trinajstić information content (AvgIpc) is 2.27. The molecule has 0 fully saturated rings. The van der Waals surface area contributed by atoms with Crippen LogP contribution in [0.15, 0.2) is 12.1 Å². The van der Waals surface area contributed by atoms with Crippen molar-refractivity contribution in [1.82, 2.24) is 4.98 Å². The van der Waals surface area contributed by atoms with E-state index in [0.717, 1.165) is 17.0 Å². The fraction of sp³-hybridized carbons (Fsp3) is 0.400. The van der Waals surface area contributed by atoms with Crippen LogP contribution in [0.3, 0.4) is 0 Å². The van der Waals surface area contributed by atoms with Gasteiger partial charge in [-0.3, -0.25) is 0 Å². The molecule has 0 bridgehead atoms. The quantitative estimate of drug-likeness (QED) is 0.773. The van der Waals surface area contributed by atoms with Crippen molar-refractivity contribution in [2.24, 2.45) is 0 Å². The number of hydrogen-bond acceptors (Lipinski definition) is 4. The number of aromatic nitrogens is 1. The maximum atomic E-state index is 12.4. The standard InChI is InChI=1S/C10H11ClF2N2O3/c11-7-3-6(10(17)18)4-9(14-7)15(1-2-16)5-8(12)13/h3-4,8,16H,1-2,5H2,(H,17,18). The molecule has 5 nitrogen and oxygen atoms in total. The van der Waals surface area contributed by atoms with Gasteiger partial charge in [0.25, 0.3) is 6.43 Å². The number of anilines is 1. The van der Waals surface area contributed by atoms with E-state index in [1.54, 1.807) is 0 Å². The maximum absolute atomic E-state index is 12.4. The zero-order valence-electron chi connectivity index (χ0n) is 9.18. The summed E-state index contributed by atoms with van der Waals surface area (Å²) in [4.78, 5) is 15.6. The van der Waals surface area contributed by atoms with E-state index in [1.807, 2.05) is 0 Å². The maximum Gasteiger partial charge on any atom is 0.335 e. The smallest absolute Gasteiger partial charge is 0.335 e. The van der Waals surface area contributed by atoms with Gasteiger partial charge in [0.15, 0.2) is 0 Å². The summed E-state index contributed by atoms with van der Waals surface area (Å²) in [5.41, 5.74) is -0.151. The topological polar surface area (TPSA) is 73.7 Å². The predicted octanol–water partition coefficient (Wildman–Crippen LogP) is 1.50. The normalized spacial score (nSPS) is 10.7. The van der Waals surface area contributed by atoms with Gasteiger partial charge in [-0.05, 0) is 12.1 Å². The summed E-state index contributed by atoms with van der Waals surface area (Å²) in [5, 5.41) is 17.5. The van der Waals surface area contributed by atoms with Crippen molar-refractivity contribution in [3.8, 4) is 0 Å². The van der Waals surface area contributed by atoms with E-state index in [0.29, 0.717) is 0 Å². The molecule has 1 aromatic rings. The lowest BCUT2D eigenvalue weighted by Gasteiger charge is -2.22. The second-order valence-corrected chi connectivity index (χ2v) is 3.79. The number of pyridine rings is 1. The van der Waals surface area contributed by atoms with Crippen LogP contribution in [0, 0.1) is 0 Å². The van der Waals surface area contributed by atoms with E-state index >= 15 is 0 Å². The van der Waals surface area contributed by atoms with Gasteiger partial charge in [0.2, 0.25) is 0 Å². The second kappa shape index (κ2) is 6.46. The van der Waals surface area contributed by atoms with E-state index < -0.39 is 18.9 Å². The third-order valence-electron chi connectivity index (χ3n) is 2.08. The number of aliphatic hydroxyl groups excluding tert-OH is 1. The van der Waals surface area contributed by atoms with Gasteiger partial charge in [0.1, 0.15) is 11.0 Å². The Morgan fingerprint density at radius 3 is 2.67 bits per heavy atom. The number of carboxylic acids is 1. The largest absolute Gasteiger partial charge is 0.478 e. The van der Waals surface area contributed by atoms with E-state index in [2.05, 4.69) is 4.98 Å². The van der Waals surface area contributed by atoms with Gasteiger partial charge in [0.05, 0.1) is 18.7 Å². The van der Waals surface area contributed by atoms with Crippen molar-refractivity contribution in [3.63, 3.8) is 0 Å². The van der Waals surface area contributed by atoms with Crippen LogP contribution in [0.1, 0.15) is 10.4 Å². The highest BCUT2D eigenvalue weighted by Crippen LogP contribution is 2.19. The van der Waals surface area contributed by atoms with Gasteiger partial charge in [0, 0.05) is 6.54 Å². The van der Waals surface area contributed by atoms with Crippen LogP contribution in [0.2, 0.25) is 5.15 Å². The third-order valence-corrected chi connectivity index (χ3v) is 2.27. The number of alkyl halides is 2. The van der Waals surface area contributed by atoms with Gasteiger partial charge < -0.3 is 15.1 Å². The Kier molecular flexibility index (Phi) is 5.24. The number of aromatic carboxylic acids is 1. The Hall–Kier alpha value is -1.47. The van der Waals surface area contributed by atoms with Crippen molar-refractivity contribution >= 4 is 23.4 Å². The molecule has 0 unspecified atom stereocenters. The summed E-state index contributed by atoms with van der Waals surface area (Å²) in [6.07, 6.45) is -2.63. The lowest BCUT2D eigenvalue weighted by Crippen LogP contribution is -2.32. The molecule has 1 rings (SSSR count). The SMILES string of the molecule is O=C(O)c1cc(Cl)nc(N(CCO)CC(F)F)c1. The van der Waals surface area contributed by atoms with Gasteiger partial charge in [-0.15, -0.1) is 0 Å². The van der Waals surface area contributed by atoms with Gasteiger partial charge in [-0.1, -0.05) is 11.6 Å². The van der Waals surface area contributed by atoms with Gasteiger partial charge >= 0.3 is 5.97 Å². The van der Waals surface area contributed by atoms with Gasteiger partial charge in [-0.25, -0.2) is 18.6 Å². The second-order valence-electron chi connectivity index (χ2n) is 3.40.